The van der Waals surface area contributed by atoms with Crippen LogP contribution in [0.3, 0.4) is 0 Å². The molecule has 1 N–H and O–H groups in total. The summed E-state index contributed by atoms with van der Waals surface area (Å²) in [5, 5.41) is 10.2. The Bertz CT molecular complexity index is 988. The van der Waals surface area contributed by atoms with E-state index in [0.29, 0.717) is 43.8 Å². The van der Waals surface area contributed by atoms with Gasteiger partial charge in [0.15, 0.2) is 0 Å². The first-order valence-corrected chi connectivity index (χ1v) is 8.90. The van der Waals surface area contributed by atoms with Crippen LogP contribution < -0.4 is 0 Å². The van der Waals surface area contributed by atoms with Gasteiger partial charge in [0.1, 0.15) is 0 Å². The molecule has 1 fully saturated rings. The van der Waals surface area contributed by atoms with Gasteiger partial charge in [-0.05, 0) is 17.7 Å². The summed E-state index contributed by atoms with van der Waals surface area (Å²) in [6, 6.07) is 15.1. The fourth-order valence-corrected chi connectivity index (χ4v) is 3.46. The molecule has 6 nitrogen and oxygen atoms in total. The molecule has 0 unspecified atom stereocenters. The predicted molar refractivity (Wildman–Crippen MR) is 101 cm³/mol. The van der Waals surface area contributed by atoms with Crippen LogP contribution in [0.5, 0.6) is 0 Å². The Labute approximate surface area is 156 Å². The Morgan fingerprint density at radius 2 is 1.78 bits per heavy atom. The van der Waals surface area contributed by atoms with Crippen LogP contribution >= 0.6 is 0 Å². The summed E-state index contributed by atoms with van der Waals surface area (Å²) in [4.78, 5) is 26.2. The van der Waals surface area contributed by atoms with E-state index in [1.54, 1.807) is 29.3 Å². The molecule has 0 spiro atoms. The minimum absolute atomic E-state index is 0.0514. The minimum Gasteiger partial charge on any atom is -0.478 e. The van der Waals surface area contributed by atoms with E-state index in [1.165, 1.54) is 0 Å². The highest BCUT2D eigenvalue weighted by Gasteiger charge is 2.21. The third-order valence-electron chi connectivity index (χ3n) is 4.85. The molecule has 1 aromatic heterocycles. The van der Waals surface area contributed by atoms with Gasteiger partial charge >= 0.3 is 5.97 Å². The number of carbonyl (C=O) groups excluding carboxylic acids is 1. The molecule has 6 heteroatoms. The Morgan fingerprint density at radius 1 is 1.04 bits per heavy atom. The van der Waals surface area contributed by atoms with Crippen molar-refractivity contribution in [3.63, 3.8) is 0 Å². The smallest absolute Gasteiger partial charge is 0.337 e. The predicted octanol–water partition coefficient (Wildman–Crippen LogP) is 2.86. The Morgan fingerprint density at radius 3 is 2.48 bits per heavy atom. The number of carbonyl (C=O) groups is 2. The third kappa shape index (κ3) is 3.44. The van der Waals surface area contributed by atoms with Gasteiger partial charge < -0.3 is 19.3 Å². The molecule has 3 aromatic rings. The van der Waals surface area contributed by atoms with Gasteiger partial charge in [0, 0.05) is 42.3 Å². The van der Waals surface area contributed by atoms with Crippen LogP contribution in [0.15, 0.2) is 54.7 Å². The van der Waals surface area contributed by atoms with Gasteiger partial charge in [0.25, 0.3) is 5.91 Å². The maximum Gasteiger partial charge on any atom is 0.337 e. The molecular formula is C21H20N2O4. The van der Waals surface area contributed by atoms with Crippen molar-refractivity contribution in [2.24, 2.45) is 0 Å². The van der Waals surface area contributed by atoms with E-state index in [0.717, 1.165) is 11.1 Å². The monoisotopic (exact) mass is 364 g/mol. The number of aromatic carboxylic acids is 1. The van der Waals surface area contributed by atoms with E-state index in [9.17, 15) is 14.7 Å². The van der Waals surface area contributed by atoms with Gasteiger partial charge in [0.05, 0.1) is 18.8 Å². The molecule has 0 radical (unpaired) electrons. The molecule has 2 heterocycles. The molecule has 0 aliphatic carbocycles. The molecule has 138 valence electrons. The number of rotatable bonds is 4. The van der Waals surface area contributed by atoms with Gasteiger partial charge in [-0.2, -0.15) is 0 Å². The zero-order chi connectivity index (χ0) is 18.8. The molecule has 1 amide bonds. The summed E-state index contributed by atoms with van der Waals surface area (Å²) >= 11 is 0. The number of fused-ring (bicyclic) bond motifs is 1. The van der Waals surface area contributed by atoms with Crippen molar-refractivity contribution in [2.75, 3.05) is 26.3 Å². The van der Waals surface area contributed by atoms with E-state index in [2.05, 4.69) is 0 Å². The molecule has 2 aromatic carbocycles. The summed E-state index contributed by atoms with van der Waals surface area (Å²) in [5.41, 5.74) is 2.62. The van der Waals surface area contributed by atoms with Gasteiger partial charge in [-0.1, -0.05) is 36.4 Å². The van der Waals surface area contributed by atoms with Crippen molar-refractivity contribution in [1.82, 2.24) is 9.47 Å². The fourth-order valence-electron chi connectivity index (χ4n) is 3.46. The highest BCUT2D eigenvalue weighted by atomic mass is 16.5. The second kappa shape index (κ2) is 7.25. The normalized spacial score (nSPS) is 14.4. The molecule has 0 atom stereocenters. The molecule has 1 aliphatic rings. The Kier molecular flexibility index (Phi) is 4.64. The number of hydrogen-bond donors (Lipinski definition) is 1. The van der Waals surface area contributed by atoms with Crippen molar-refractivity contribution in [1.29, 1.82) is 0 Å². The molecule has 27 heavy (non-hydrogen) atoms. The van der Waals surface area contributed by atoms with E-state index in [1.807, 2.05) is 34.9 Å². The average molecular weight is 364 g/mol. The number of ether oxygens (including phenoxy) is 1. The summed E-state index contributed by atoms with van der Waals surface area (Å²) in [6.45, 7) is 2.77. The highest BCUT2D eigenvalue weighted by Crippen LogP contribution is 2.25. The number of aromatic nitrogens is 1. The van der Waals surface area contributed by atoms with E-state index < -0.39 is 5.97 Å². The highest BCUT2D eigenvalue weighted by molar-refractivity contribution is 6.06. The number of hydrogen-bond acceptors (Lipinski definition) is 3. The SMILES string of the molecule is O=C(O)c1cn(Cc2ccccc2)c2cc(C(=O)N3CCOCC3)ccc12. The second-order valence-corrected chi connectivity index (χ2v) is 6.60. The van der Waals surface area contributed by atoms with Crippen LogP contribution in [0.2, 0.25) is 0 Å². The van der Waals surface area contributed by atoms with Crippen LogP contribution in [0.25, 0.3) is 10.9 Å². The first kappa shape index (κ1) is 17.3. The summed E-state index contributed by atoms with van der Waals surface area (Å²) in [5.74, 6) is -1.02. The summed E-state index contributed by atoms with van der Waals surface area (Å²) in [7, 11) is 0. The summed E-state index contributed by atoms with van der Waals surface area (Å²) < 4.78 is 7.20. The number of morpholine rings is 1. The summed E-state index contributed by atoms with van der Waals surface area (Å²) in [6.07, 6.45) is 1.64. The maximum absolute atomic E-state index is 12.8. The molecule has 0 saturated carbocycles. The lowest BCUT2D eigenvalue weighted by atomic mass is 10.1. The van der Waals surface area contributed by atoms with Crippen molar-refractivity contribution in [3.05, 3.63) is 71.4 Å². The molecule has 4 rings (SSSR count). The topological polar surface area (TPSA) is 71.8 Å². The minimum atomic E-state index is -0.973. The molecular weight excluding hydrogens is 344 g/mol. The Balaban J connectivity index is 1.75. The van der Waals surface area contributed by atoms with Gasteiger partial charge in [-0.3, -0.25) is 4.79 Å². The lowest BCUT2D eigenvalue weighted by Crippen LogP contribution is -2.40. The number of carboxylic acid groups (broad SMARTS) is 1. The van der Waals surface area contributed by atoms with Crippen LogP contribution in [0.4, 0.5) is 0 Å². The van der Waals surface area contributed by atoms with E-state index in [4.69, 9.17) is 4.74 Å². The van der Waals surface area contributed by atoms with Crippen LogP contribution in [0.1, 0.15) is 26.3 Å². The molecule has 0 bridgehead atoms. The Hall–Kier alpha value is -3.12. The second-order valence-electron chi connectivity index (χ2n) is 6.60. The van der Waals surface area contributed by atoms with E-state index in [-0.39, 0.29) is 11.5 Å². The number of amides is 1. The fraction of sp³-hybridized carbons (Fsp3) is 0.238. The quantitative estimate of drug-likeness (QED) is 0.773. The van der Waals surface area contributed by atoms with Crippen LogP contribution in [-0.2, 0) is 11.3 Å². The van der Waals surface area contributed by atoms with Crippen molar-refractivity contribution in [3.8, 4) is 0 Å². The van der Waals surface area contributed by atoms with Gasteiger partial charge in [-0.15, -0.1) is 0 Å². The van der Waals surface area contributed by atoms with Crippen LogP contribution in [0, 0.1) is 0 Å². The molecule has 1 saturated heterocycles. The van der Waals surface area contributed by atoms with Crippen molar-refractivity contribution >= 4 is 22.8 Å². The zero-order valence-corrected chi connectivity index (χ0v) is 14.8. The van der Waals surface area contributed by atoms with Crippen molar-refractivity contribution < 1.29 is 19.4 Å². The average Bonchev–Trinajstić information content (AvgIpc) is 3.07. The first-order valence-electron chi connectivity index (χ1n) is 8.90. The number of nitrogens with zero attached hydrogens (tertiary/aromatic N) is 2. The largest absolute Gasteiger partial charge is 0.478 e. The third-order valence-corrected chi connectivity index (χ3v) is 4.85. The standard InChI is InChI=1S/C21H20N2O4/c24-20(22-8-10-27-11-9-22)16-6-7-17-18(21(25)26)14-23(19(17)12-16)13-15-4-2-1-3-5-15/h1-7,12,14H,8-11,13H2,(H,25,26). The van der Waals surface area contributed by atoms with Crippen molar-refractivity contribution in [2.45, 2.75) is 6.54 Å². The number of benzene rings is 2. The van der Waals surface area contributed by atoms with Gasteiger partial charge in [0.2, 0.25) is 0 Å². The number of carboxylic acids is 1. The molecule has 1 aliphatic heterocycles. The zero-order valence-electron chi connectivity index (χ0n) is 14.8. The van der Waals surface area contributed by atoms with E-state index >= 15 is 0 Å². The van der Waals surface area contributed by atoms with Gasteiger partial charge in [-0.25, -0.2) is 4.79 Å². The lowest BCUT2D eigenvalue weighted by molar-refractivity contribution is 0.0303. The van der Waals surface area contributed by atoms with Crippen LogP contribution in [-0.4, -0.2) is 52.8 Å². The maximum atomic E-state index is 12.8. The first-order chi connectivity index (χ1) is 13.1. The lowest BCUT2D eigenvalue weighted by Gasteiger charge is -2.26.